The van der Waals surface area contributed by atoms with Crippen LogP contribution in [0.5, 0.6) is 0 Å². The molecule has 7 rings (SSSR count). The molecule has 158 valence electrons. The van der Waals surface area contributed by atoms with Crippen molar-refractivity contribution >= 4 is 43.4 Å². The number of benzene rings is 5. The van der Waals surface area contributed by atoms with E-state index in [2.05, 4.69) is 97.1 Å². The molecule has 2 heterocycles. The van der Waals surface area contributed by atoms with Gasteiger partial charge in [-0.05, 0) is 62.6 Å². The topological polar surface area (TPSA) is 25.8 Å². The molecule has 0 aliphatic carbocycles. The lowest BCUT2D eigenvalue weighted by atomic mass is 9.95. The number of nitrogens with zero attached hydrogens (tertiary/aromatic N) is 2. The molecule has 0 saturated carbocycles. The first-order valence-corrected chi connectivity index (χ1v) is 11.5. The van der Waals surface area contributed by atoms with Gasteiger partial charge in [0.15, 0.2) is 0 Å². The molecule has 0 aliphatic heterocycles. The Morgan fingerprint density at radius 2 is 0.941 bits per heavy atom. The Morgan fingerprint density at radius 1 is 0.353 bits per heavy atom. The van der Waals surface area contributed by atoms with Crippen LogP contribution in [0, 0.1) is 0 Å². The third kappa shape index (κ3) is 3.04. The lowest BCUT2D eigenvalue weighted by molar-refractivity contribution is 1.33. The quantitative estimate of drug-likeness (QED) is 0.256. The summed E-state index contributed by atoms with van der Waals surface area (Å²) in [4.78, 5) is 9.79. The highest BCUT2D eigenvalue weighted by Crippen LogP contribution is 2.33. The van der Waals surface area contributed by atoms with Crippen LogP contribution in [0.3, 0.4) is 0 Å². The van der Waals surface area contributed by atoms with Gasteiger partial charge >= 0.3 is 0 Å². The molecule has 5 aromatic carbocycles. The van der Waals surface area contributed by atoms with E-state index in [-0.39, 0.29) is 0 Å². The second kappa shape index (κ2) is 7.50. The van der Waals surface area contributed by atoms with Gasteiger partial charge < -0.3 is 0 Å². The van der Waals surface area contributed by atoms with Gasteiger partial charge in [-0.3, -0.25) is 0 Å². The molecular formula is C32H20N2. The molecule has 7 aromatic rings. The average molecular weight is 433 g/mol. The molecule has 2 aromatic heterocycles. The standard InChI is InChI=1S/C32H20N2/c1-2-7-23(8-3-1)29-16-18-32-31(33-29)19-17-30(34-32)24-11-10-22-13-14-26-25-9-5-4-6-21(25)12-15-27(26)28(22)20-24/h1-20H. The molecule has 0 aliphatic rings. The van der Waals surface area contributed by atoms with Crippen molar-refractivity contribution in [3.63, 3.8) is 0 Å². The van der Waals surface area contributed by atoms with E-state index in [0.717, 1.165) is 33.5 Å². The monoisotopic (exact) mass is 432 g/mol. The van der Waals surface area contributed by atoms with Crippen LogP contribution in [-0.4, -0.2) is 9.97 Å². The molecular weight excluding hydrogens is 412 g/mol. The summed E-state index contributed by atoms with van der Waals surface area (Å²) in [5.74, 6) is 0. The van der Waals surface area contributed by atoms with E-state index in [1.807, 2.05) is 24.3 Å². The van der Waals surface area contributed by atoms with E-state index in [0.29, 0.717) is 0 Å². The van der Waals surface area contributed by atoms with Crippen LogP contribution in [0.15, 0.2) is 121 Å². The van der Waals surface area contributed by atoms with Crippen LogP contribution in [0.25, 0.3) is 65.9 Å². The molecule has 0 radical (unpaired) electrons. The van der Waals surface area contributed by atoms with E-state index < -0.39 is 0 Å². The fourth-order valence-corrected chi connectivity index (χ4v) is 4.92. The fraction of sp³-hybridized carbons (Fsp3) is 0. The van der Waals surface area contributed by atoms with Crippen LogP contribution < -0.4 is 0 Å². The summed E-state index contributed by atoms with van der Waals surface area (Å²) >= 11 is 0. The van der Waals surface area contributed by atoms with Gasteiger partial charge in [0.2, 0.25) is 0 Å². The summed E-state index contributed by atoms with van der Waals surface area (Å²) in [5.41, 5.74) is 5.96. The van der Waals surface area contributed by atoms with Crippen LogP contribution in [0.2, 0.25) is 0 Å². The van der Waals surface area contributed by atoms with E-state index >= 15 is 0 Å². The lowest BCUT2D eigenvalue weighted by Gasteiger charge is -2.10. The van der Waals surface area contributed by atoms with Gasteiger partial charge in [0.25, 0.3) is 0 Å². The SMILES string of the molecule is c1ccc(-c2ccc3nc(-c4ccc5ccc6c7ccccc7ccc6c5c4)ccc3n2)cc1. The van der Waals surface area contributed by atoms with Crippen molar-refractivity contribution in [3.8, 4) is 22.5 Å². The molecule has 0 N–H and O–H groups in total. The smallest absolute Gasteiger partial charge is 0.0894 e. The minimum absolute atomic E-state index is 0.904. The first kappa shape index (κ1) is 19.0. The highest BCUT2D eigenvalue weighted by atomic mass is 14.8. The number of rotatable bonds is 2. The molecule has 34 heavy (non-hydrogen) atoms. The molecule has 0 saturated heterocycles. The van der Waals surface area contributed by atoms with Crippen LogP contribution in [0.4, 0.5) is 0 Å². The van der Waals surface area contributed by atoms with Crippen LogP contribution in [0.1, 0.15) is 0 Å². The van der Waals surface area contributed by atoms with Crippen LogP contribution >= 0.6 is 0 Å². The highest BCUT2D eigenvalue weighted by Gasteiger charge is 2.09. The van der Waals surface area contributed by atoms with Crippen molar-refractivity contribution in [1.29, 1.82) is 0 Å². The first-order valence-electron chi connectivity index (χ1n) is 11.5. The van der Waals surface area contributed by atoms with Gasteiger partial charge in [-0.25, -0.2) is 9.97 Å². The summed E-state index contributed by atoms with van der Waals surface area (Å²) in [6.07, 6.45) is 0. The number of aromatic nitrogens is 2. The highest BCUT2D eigenvalue weighted by molar-refractivity contribution is 6.17. The predicted octanol–water partition coefficient (Wildman–Crippen LogP) is 8.42. The zero-order valence-electron chi connectivity index (χ0n) is 18.4. The van der Waals surface area contributed by atoms with Gasteiger partial charge in [-0.15, -0.1) is 0 Å². The Bertz CT molecular complexity index is 1850. The minimum atomic E-state index is 0.904. The van der Waals surface area contributed by atoms with E-state index in [4.69, 9.17) is 9.97 Å². The van der Waals surface area contributed by atoms with Crippen molar-refractivity contribution < 1.29 is 0 Å². The van der Waals surface area contributed by atoms with Gasteiger partial charge in [0, 0.05) is 11.1 Å². The third-order valence-corrected chi connectivity index (χ3v) is 6.65. The van der Waals surface area contributed by atoms with Crippen molar-refractivity contribution in [3.05, 3.63) is 121 Å². The molecule has 0 unspecified atom stereocenters. The Labute approximate surface area is 197 Å². The number of fused-ring (bicyclic) bond motifs is 6. The summed E-state index contributed by atoms with van der Waals surface area (Å²) < 4.78 is 0. The molecule has 0 bridgehead atoms. The third-order valence-electron chi connectivity index (χ3n) is 6.65. The maximum atomic E-state index is 4.95. The largest absolute Gasteiger partial charge is 0.246 e. The van der Waals surface area contributed by atoms with E-state index in [1.165, 1.54) is 32.3 Å². The van der Waals surface area contributed by atoms with Crippen LogP contribution in [-0.2, 0) is 0 Å². The number of pyridine rings is 2. The van der Waals surface area contributed by atoms with Gasteiger partial charge in [-0.2, -0.15) is 0 Å². The molecule has 0 fully saturated rings. The average Bonchev–Trinajstić information content (AvgIpc) is 2.92. The summed E-state index contributed by atoms with van der Waals surface area (Å²) in [7, 11) is 0. The van der Waals surface area contributed by atoms with Gasteiger partial charge in [0.05, 0.1) is 22.4 Å². The Balaban J connectivity index is 1.37. The summed E-state index contributed by atoms with van der Waals surface area (Å²) in [6.45, 7) is 0. The lowest BCUT2D eigenvalue weighted by Crippen LogP contribution is -1.90. The van der Waals surface area contributed by atoms with E-state index in [1.54, 1.807) is 0 Å². The summed E-state index contributed by atoms with van der Waals surface area (Å²) in [6, 6.07) is 42.6. The van der Waals surface area contributed by atoms with Gasteiger partial charge in [0.1, 0.15) is 0 Å². The predicted molar refractivity (Wildman–Crippen MR) is 143 cm³/mol. The maximum absolute atomic E-state index is 4.95. The van der Waals surface area contributed by atoms with Gasteiger partial charge in [-0.1, -0.05) is 91.0 Å². The van der Waals surface area contributed by atoms with Crippen molar-refractivity contribution in [2.75, 3.05) is 0 Å². The first-order chi connectivity index (χ1) is 16.8. The molecule has 2 heteroatoms. The Morgan fingerprint density at radius 3 is 1.71 bits per heavy atom. The van der Waals surface area contributed by atoms with Crippen molar-refractivity contribution in [2.24, 2.45) is 0 Å². The summed E-state index contributed by atoms with van der Waals surface area (Å²) in [5, 5.41) is 7.60. The van der Waals surface area contributed by atoms with Crippen molar-refractivity contribution in [1.82, 2.24) is 9.97 Å². The molecule has 2 nitrogen and oxygen atoms in total. The molecule has 0 spiro atoms. The minimum Gasteiger partial charge on any atom is -0.246 e. The number of hydrogen-bond donors (Lipinski definition) is 0. The molecule has 0 atom stereocenters. The second-order valence-corrected chi connectivity index (χ2v) is 8.68. The normalized spacial score (nSPS) is 11.5. The molecule has 0 amide bonds. The maximum Gasteiger partial charge on any atom is 0.0894 e. The zero-order valence-corrected chi connectivity index (χ0v) is 18.4. The number of hydrogen-bond acceptors (Lipinski definition) is 2. The zero-order chi connectivity index (χ0) is 22.5. The Hall–Kier alpha value is -4.56. The second-order valence-electron chi connectivity index (χ2n) is 8.68. The fourth-order valence-electron chi connectivity index (χ4n) is 4.92. The Kier molecular flexibility index (Phi) is 4.18. The van der Waals surface area contributed by atoms with E-state index in [9.17, 15) is 0 Å². The van der Waals surface area contributed by atoms with Crippen molar-refractivity contribution in [2.45, 2.75) is 0 Å².